The summed E-state index contributed by atoms with van der Waals surface area (Å²) in [6.45, 7) is 8.09. The first-order valence-corrected chi connectivity index (χ1v) is 8.15. The van der Waals surface area contributed by atoms with Crippen molar-refractivity contribution in [2.24, 2.45) is 0 Å². The largest absolute Gasteiger partial charge is 0.351 e. The van der Waals surface area contributed by atoms with Crippen LogP contribution in [0.4, 0.5) is 0 Å². The summed E-state index contributed by atoms with van der Waals surface area (Å²) in [5, 5.41) is 3.02. The van der Waals surface area contributed by atoms with Crippen molar-refractivity contribution in [3.05, 3.63) is 71.3 Å². The molecule has 0 atom stereocenters. The maximum atomic E-state index is 12.3. The fourth-order valence-corrected chi connectivity index (χ4v) is 2.50. The van der Waals surface area contributed by atoms with E-state index in [-0.39, 0.29) is 5.91 Å². The van der Waals surface area contributed by atoms with Crippen LogP contribution >= 0.6 is 0 Å². The maximum Gasteiger partial charge on any atom is 0.234 e. The minimum Gasteiger partial charge on any atom is -0.351 e. The van der Waals surface area contributed by atoms with Gasteiger partial charge >= 0.3 is 0 Å². The standard InChI is InChI=1S/C20H26N2O/c1-16(2)22(14-18-9-5-4-6-10-18)15-20(23)21-13-19-11-7-8-17(3)12-19/h4-12,16H,13-15H2,1-3H3,(H,21,23). The lowest BCUT2D eigenvalue weighted by Crippen LogP contribution is -2.40. The first-order valence-electron chi connectivity index (χ1n) is 8.15. The summed E-state index contributed by atoms with van der Waals surface area (Å²) >= 11 is 0. The third kappa shape index (κ3) is 5.87. The Labute approximate surface area is 139 Å². The average Bonchev–Trinajstić information content (AvgIpc) is 2.53. The number of aryl methyl sites for hydroxylation is 1. The van der Waals surface area contributed by atoms with Crippen molar-refractivity contribution >= 4 is 5.91 Å². The quantitative estimate of drug-likeness (QED) is 0.848. The molecule has 3 nitrogen and oxygen atoms in total. The summed E-state index contributed by atoms with van der Waals surface area (Å²) < 4.78 is 0. The van der Waals surface area contributed by atoms with Crippen molar-refractivity contribution in [3.8, 4) is 0 Å². The molecule has 0 fully saturated rings. The highest BCUT2D eigenvalue weighted by Crippen LogP contribution is 2.08. The van der Waals surface area contributed by atoms with Crippen molar-refractivity contribution in [3.63, 3.8) is 0 Å². The fourth-order valence-electron chi connectivity index (χ4n) is 2.50. The van der Waals surface area contributed by atoms with Crippen LogP contribution in [0.3, 0.4) is 0 Å². The van der Waals surface area contributed by atoms with E-state index >= 15 is 0 Å². The van der Waals surface area contributed by atoms with Crippen LogP contribution < -0.4 is 5.32 Å². The van der Waals surface area contributed by atoms with Gasteiger partial charge in [-0.15, -0.1) is 0 Å². The molecule has 1 amide bonds. The molecule has 0 bridgehead atoms. The summed E-state index contributed by atoms with van der Waals surface area (Å²) in [6, 6.07) is 18.8. The predicted molar refractivity (Wildman–Crippen MR) is 95.0 cm³/mol. The van der Waals surface area contributed by atoms with Gasteiger partial charge in [-0.1, -0.05) is 60.2 Å². The smallest absolute Gasteiger partial charge is 0.234 e. The van der Waals surface area contributed by atoms with E-state index in [1.165, 1.54) is 11.1 Å². The normalized spacial score (nSPS) is 11.0. The van der Waals surface area contributed by atoms with Gasteiger partial charge in [0, 0.05) is 19.1 Å². The van der Waals surface area contributed by atoms with Crippen molar-refractivity contribution in [1.29, 1.82) is 0 Å². The lowest BCUT2D eigenvalue weighted by atomic mass is 10.1. The molecule has 3 heteroatoms. The molecule has 2 aromatic carbocycles. The lowest BCUT2D eigenvalue weighted by Gasteiger charge is -2.26. The summed E-state index contributed by atoms with van der Waals surface area (Å²) in [4.78, 5) is 14.4. The molecule has 0 saturated carbocycles. The molecule has 0 radical (unpaired) electrons. The van der Waals surface area contributed by atoms with E-state index in [1.807, 2.05) is 30.3 Å². The minimum absolute atomic E-state index is 0.0659. The monoisotopic (exact) mass is 310 g/mol. The third-order valence-electron chi connectivity index (χ3n) is 3.88. The van der Waals surface area contributed by atoms with E-state index in [0.717, 1.165) is 12.1 Å². The zero-order valence-corrected chi connectivity index (χ0v) is 14.3. The molecule has 2 aromatic rings. The Hall–Kier alpha value is -2.13. The molecule has 0 aromatic heterocycles. The number of amides is 1. The number of hydrogen-bond donors (Lipinski definition) is 1. The molecule has 0 spiro atoms. The summed E-state index contributed by atoms with van der Waals surface area (Å²) in [5.74, 6) is 0.0659. The number of rotatable bonds is 7. The van der Waals surface area contributed by atoms with Gasteiger partial charge in [-0.3, -0.25) is 9.69 Å². The Morgan fingerprint density at radius 1 is 1.04 bits per heavy atom. The second kappa shape index (κ2) is 8.49. The van der Waals surface area contributed by atoms with Gasteiger partial charge < -0.3 is 5.32 Å². The predicted octanol–water partition coefficient (Wildman–Crippen LogP) is 3.52. The van der Waals surface area contributed by atoms with Gasteiger partial charge in [-0.25, -0.2) is 0 Å². The molecule has 0 aliphatic heterocycles. The first kappa shape index (κ1) is 17.2. The Kier molecular flexibility index (Phi) is 6.36. The minimum atomic E-state index is 0.0659. The van der Waals surface area contributed by atoms with Gasteiger partial charge in [-0.05, 0) is 31.9 Å². The van der Waals surface area contributed by atoms with Crippen LogP contribution in [0.15, 0.2) is 54.6 Å². The summed E-state index contributed by atoms with van der Waals surface area (Å²) in [6.07, 6.45) is 0. The van der Waals surface area contributed by atoms with E-state index < -0.39 is 0 Å². The van der Waals surface area contributed by atoms with Crippen LogP contribution in [0.2, 0.25) is 0 Å². The Morgan fingerprint density at radius 3 is 2.39 bits per heavy atom. The highest BCUT2D eigenvalue weighted by molar-refractivity contribution is 5.78. The van der Waals surface area contributed by atoms with E-state index in [4.69, 9.17) is 0 Å². The molecule has 0 unspecified atom stereocenters. The highest BCUT2D eigenvalue weighted by Gasteiger charge is 2.14. The number of hydrogen-bond acceptors (Lipinski definition) is 2. The molecule has 2 rings (SSSR count). The zero-order chi connectivity index (χ0) is 16.7. The van der Waals surface area contributed by atoms with Crippen molar-refractivity contribution in [2.75, 3.05) is 6.54 Å². The molecule has 0 aliphatic carbocycles. The molecule has 0 saturated heterocycles. The van der Waals surface area contributed by atoms with Crippen LogP contribution in [0, 0.1) is 6.92 Å². The number of nitrogens with zero attached hydrogens (tertiary/aromatic N) is 1. The third-order valence-corrected chi connectivity index (χ3v) is 3.88. The Bertz CT molecular complexity index is 623. The number of carbonyl (C=O) groups is 1. The molecule has 23 heavy (non-hydrogen) atoms. The van der Waals surface area contributed by atoms with Gasteiger partial charge in [0.05, 0.1) is 6.54 Å². The van der Waals surface area contributed by atoms with E-state index in [2.05, 4.69) is 55.3 Å². The number of carbonyl (C=O) groups excluding carboxylic acids is 1. The Balaban J connectivity index is 1.88. The second-order valence-electron chi connectivity index (χ2n) is 6.25. The second-order valence-corrected chi connectivity index (χ2v) is 6.25. The van der Waals surface area contributed by atoms with Gasteiger partial charge in [-0.2, -0.15) is 0 Å². The van der Waals surface area contributed by atoms with Gasteiger partial charge in [0.1, 0.15) is 0 Å². The van der Waals surface area contributed by atoms with Gasteiger partial charge in [0.15, 0.2) is 0 Å². The summed E-state index contributed by atoms with van der Waals surface area (Å²) in [7, 11) is 0. The number of nitrogens with one attached hydrogen (secondary N) is 1. The van der Waals surface area contributed by atoms with Crippen LogP contribution in [0.25, 0.3) is 0 Å². The first-order chi connectivity index (χ1) is 11.0. The topological polar surface area (TPSA) is 32.3 Å². The molecule has 1 N–H and O–H groups in total. The lowest BCUT2D eigenvalue weighted by molar-refractivity contribution is -0.123. The molecule has 0 aliphatic rings. The SMILES string of the molecule is Cc1cccc(CNC(=O)CN(Cc2ccccc2)C(C)C)c1. The fraction of sp³-hybridized carbons (Fsp3) is 0.350. The average molecular weight is 310 g/mol. The molecular formula is C20H26N2O. The van der Waals surface area contributed by atoms with Crippen LogP contribution in [-0.4, -0.2) is 23.4 Å². The highest BCUT2D eigenvalue weighted by atomic mass is 16.2. The maximum absolute atomic E-state index is 12.3. The van der Waals surface area contributed by atoms with Crippen molar-refractivity contribution < 1.29 is 4.79 Å². The van der Waals surface area contributed by atoms with Crippen LogP contribution in [-0.2, 0) is 17.9 Å². The van der Waals surface area contributed by atoms with Gasteiger partial charge in [0.25, 0.3) is 0 Å². The van der Waals surface area contributed by atoms with E-state index in [9.17, 15) is 4.79 Å². The van der Waals surface area contributed by atoms with Crippen molar-refractivity contribution in [1.82, 2.24) is 10.2 Å². The zero-order valence-electron chi connectivity index (χ0n) is 14.3. The molecule has 0 heterocycles. The summed E-state index contributed by atoms with van der Waals surface area (Å²) in [5.41, 5.74) is 3.58. The molecular weight excluding hydrogens is 284 g/mol. The molecule has 122 valence electrons. The Morgan fingerprint density at radius 2 is 1.74 bits per heavy atom. The van der Waals surface area contributed by atoms with Crippen LogP contribution in [0.1, 0.15) is 30.5 Å². The number of benzene rings is 2. The van der Waals surface area contributed by atoms with Gasteiger partial charge in [0.2, 0.25) is 5.91 Å². The van der Waals surface area contributed by atoms with Crippen LogP contribution in [0.5, 0.6) is 0 Å². The van der Waals surface area contributed by atoms with E-state index in [1.54, 1.807) is 0 Å². The van der Waals surface area contributed by atoms with E-state index in [0.29, 0.717) is 19.1 Å². The van der Waals surface area contributed by atoms with Crippen molar-refractivity contribution in [2.45, 2.75) is 39.9 Å².